The van der Waals surface area contributed by atoms with Crippen LogP contribution in [0.2, 0.25) is 0 Å². The summed E-state index contributed by atoms with van der Waals surface area (Å²) in [5.74, 6) is 1.72. The molecule has 0 saturated carbocycles. The smallest absolute Gasteiger partial charge is 0.251 e. The first-order chi connectivity index (χ1) is 8.41. The quantitative estimate of drug-likeness (QED) is 0.793. The fourth-order valence-corrected chi connectivity index (χ4v) is 2.51. The Labute approximate surface area is 124 Å². The van der Waals surface area contributed by atoms with Crippen LogP contribution in [0.5, 0.6) is 0 Å². The lowest BCUT2D eigenvalue weighted by molar-refractivity contribution is 0.0937. The molecule has 3 heteroatoms. The van der Waals surface area contributed by atoms with Crippen molar-refractivity contribution in [3.05, 3.63) is 33.4 Å². The summed E-state index contributed by atoms with van der Waals surface area (Å²) in [4.78, 5) is 12.0. The van der Waals surface area contributed by atoms with Crippen molar-refractivity contribution in [3.63, 3.8) is 0 Å². The SMILES string of the molecule is CC(C)C(CNC(=O)c1ccc(I)cc1)C(C)C. The number of benzene rings is 1. The molecule has 0 aromatic heterocycles. The maximum Gasteiger partial charge on any atom is 0.251 e. The van der Waals surface area contributed by atoms with Gasteiger partial charge in [0.25, 0.3) is 5.91 Å². The highest BCUT2D eigenvalue weighted by atomic mass is 127. The average molecular weight is 359 g/mol. The minimum absolute atomic E-state index is 0.0256. The van der Waals surface area contributed by atoms with Gasteiger partial charge in [-0.25, -0.2) is 0 Å². The first-order valence-electron chi connectivity index (χ1n) is 6.45. The second-order valence-electron chi connectivity index (χ2n) is 5.37. The Morgan fingerprint density at radius 3 is 2.06 bits per heavy atom. The third-order valence-corrected chi connectivity index (χ3v) is 4.04. The first-order valence-corrected chi connectivity index (χ1v) is 7.53. The van der Waals surface area contributed by atoms with E-state index in [4.69, 9.17) is 0 Å². The molecule has 1 N–H and O–H groups in total. The van der Waals surface area contributed by atoms with E-state index in [0.29, 0.717) is 17.8 Å². The second-order valence-corrected chi connectivity index (χ2v) is 6.61. The van der Waals surface area contributed by atoms with Crippen LogP contribution >= 0.6 is 22.6 Å². The Morgan fingerprint density at radius 2 is 1.61 bits per heavy atom. The summed E-state index contributed by atoms with van der Waals surface area (Å²) < 4.78 is 1.14. The van der Waals surface area contributed by atoms with Crippen LogP contribution in [0.25, 0.3) is 0 Å². The van der Waals surface area contributed by atoms with Crippen molar-refractivity contribution >= 4 is 28.5 Å². The lowest BCUT2D eigenvalue weighted by Gasteiger charge is -2.25. The molecule has 0 bridgehead atoms. The highest BCUT2D eigenvalue weighted by Crippen LogP contribution is 2.19. The van der Waals surface area contributed by atoms with Crippen molar-refractivity contribution in [3.8, 4) is 0 Å². The van der Waals surface area contributed by atoms with Crippen molar-refractivity contribution in [2.45, 2.75) is 27.7 Å². The monoisotopic (exact) mass is 359 g/mol. The van der Waals surface area contributed by atoms with Crippen LogP contribution in [0.3, 0.4) is 0 Å². The number of carbonyl (C=O) groups excluding carboxylic acids is 1. The van der Waals surface area contributed by atoms with Gasteiger partial charge in [-0.1, -0.05) is 27.7 Å². The van der Waals surface area contributed by atoms with E-state index in [1.54, 1.807) is 0 Å². The Hall–Kier alpha value is -0.580. The van der Waals surface area contributed by atoms with Gasteiger partial charge in [0.15, 0.2) is 0 Å². The molecule has 0 radical (unpaired) electrons. The van der Waals surface area contributed by atoms with Crippen LogP contribution < -0.4 is 5.32 Å². The molecular weight excluding hydrogens is 337 g/mol. The van der Waals surface area contributed by atoms with Gasteiger partial charge in [-0.2, -0.15) is 0 Å². The number of amides is 1. The van der Waals surface area contributed by atoms with Crippen LogP contribution in [0, 0.1) is 21.3 Å². The topological polar surface area (TPSA) is 29.1 Å². The van der Waals surface area contributed by atoms with Crippen molar-refractivity contribution < 1.29 is 4.79 Å². The Balaban J connectivity index is 2.57. The number of halogens is 1. The van der Waals surface area contributed by atoms with Crippen LogP contribution in [-0.2, 0) is 0 Å². The second kappa shape index (κ2) is 7.12. The van der Waals surface area contributed by atoms with Gasteiger partial charge in [-0.3, -0.25) is 4.79 Å². The van der Waals surface area contributed by atoms with Gasteiger partial charge in [-0.15, -0.1) is 0 Å². The summed E-state index contributed by atoms with van der Waals surface area (Å²) in [6, 6.07) is 7.66. The molecule has 18 heavy (non-hydrogen) atoms. The minimum atomic E-state index is 0.0256. The van der Waals surface area contributed by atoms with Gasteiger partial charge in [-0.05, 0) is 64.6 Å². The number of carbonyl (C=O) groups is 1. The highest BCUT2D eigenvalue weighted by molar-refractivity contribution is 14.1. The molecule has 0 aliphatic rings. The molecule has 1 rings (SSSR count). The van der Waals surface area contributed by atoms with E-state index < -0.39 is 0 Å². The largest absolute Gasteiger partial charge is 0.352 e. The zero-order valence-electron chi connectivity index (χ0n) is 11.5. The predicted octanol–water partition coefficient (Wildman–Crippen LogP) is 3.95. The molecule has 1 aromatic rings. The van der Waals surface area contributed by atoms with E-state index >= 15 is 0 Å². The summed E-state index contributed by atoms with van der Waals surface area (Å²) >= 11 is 2.24. The van der Waals surface area contributed by atoms with Crippen LogP contribution in [-0.4, -0.2) is 12.5 Å². The van der Waals surface area contributed by atoms with Gasteiger partial charge in [0, 0.05) is 15.7 Å². The molecule has 0 aliphatic heterocycles. The maximum atomic E-state index is 12.0. The van der Waals surface area contributed by atoms with Gasteiger partial charge >= 0.3 is 0 Å². The van der Waals surface area contributed by atoms with Gasteiger partial charge < -0.3 is 5.32 Å². The van der Waals surface area contributed by atoms with E-state index in [2.05, 4.69) is 55.6 Å². The van der Waals surface area contributed by atoms with Gasteiger partial charge in [0.2, 0.25) is 0 Å². The highest BCUT2D eigenvalue weighted by Gasteiger charge is 2.18. The van der Waals surface area contributed by atoms with Gasteiger partial charge in [0.05, 0.1) is 0 Å². The fourth-order valence-electron chi connectivity index (χ4n) is 2.16. The van der Waals surface area contributed by atoms with E-state index in [-0.39, 0.29) is 5.91 Å². The van der Waals surface area contributed by atoms with E-state index in [1.165, 1.54) is 0 Å². The number of hydrogen-bond acceptors (Lipinski definition) is 1. The molecule has 1 aromatic carbocycles. The summed E-state index contributed by atoms with van der Waals surface area (Å²) in [7, 11) is 0. The van der Waals surface area contributed by atoms with Crippen molar-refractivity contribution in [2.24, 2.45) is 17.8 Å². The summed E-state index contributed by atoms with van der Waals surface area (Å²) in [5, 5.41) is 3.04. The van der Waals surface area contributed by atoms with Crippen molar-refractivity contribution in [1.29, 1.82) is 0 Å². The molecule has 100 valence electrons. The zero-order chi connectivity index (χ0) is 13.7. The molecular formula is C15H22INO. The van der Waals surface area contributed by atoms with E-state index in [9.17, 15) is 4.79 Å². The molecule has 0 heterocycles. The lowest BCUT2D eigenvalue weighted by atomic mass is 9.85. The first kappa shape index (κ1) is 15.5. The van der Waals surface area contributed by atoms with Crippen LogP contribution in [0.1, 0.15) is 38.1 Å². The van der Waals surface area contributed by atoms with Crippen LogP contribution in [0.15, 0.2) is 24.3 Å². The lowest BCUT2D eigenvalue weighted by Crippen LogP contribution is -2.33. The summed E-state index contributed by atoms with van der Waals surface area (Å²) in [5.41, 5.74) is 0.738. The molecule has 0 aliphatic carbocycles. The predicted molar refractivity (Wildman–Crippen MR) is 84.7 cm³/mol. The standard InChI is InChI=1S/C15H22INO/c1-10(2)14(11(3)4)9-17-15(18)12-5-7-13(16)8-6-12/h5-8,10-11,14H,9H2,1-4H3,(H,17,18). The minimum Gasteiger partial charge on any atom is -0.352 e. The van der Waals surface area contributed by atoms with E-state index in [1.807, 2.05) is 24.3 Å². The molecule has 0 spiro atoms. The molecule has 0 saturated heterocycles. The Kier molecular flexibility index (Phi) is 6.12. The maximum absolute atomic E-state index is 12.0. The van der Waals surface area contributed by atoms with Crippen LogP contribution in [0.4, 0.5) is 0 Å². The van der Waals surface area contributed by atoms with Gasteiger partial charge in [0.1, 0.15) is 0 Å². The Bertz CT molecular complexity index is 376. The molecule has 0 atom stereocenters. The molecule has 2 nitrogen and oxygen atoms in total. The summed E-state index contributed by atoms with van der Waals surface area (Å²) in [6.45, 7) is 9.59. The number of nitrogens with one attached hydrogen (secondary N) is 1. The molecule has 0 unspecified atom stereocenters. The Morgan fingerprint density at radius 1 is 1.11 bits per heavy atom. The van der Waals surface area contributed by atoms with E-state index in [0.717, 1.165) is 15.7 Å². The number of rotatable bonds is 5. The fraction of sp³-hybridized carbons (Fsp3) is 0.533. The zero-order valence-corrected chi connectivity index (χ0v) is 13.7. The third-order valence-electron chi connectivity index (χ3n) is 3.32. The summed E-state index contributed by atoms with van der Waals surface area (Å²) in [6.07, 6.45) is 0. The third kappa shape index (κ3) is 4.59. The average Bonchev–Trinajstić information content (AvgIpc) is 2.28. The van der Waals surface area contributed by atoms with Crippen molar-refractivity contribution in [2.75, 3.05) is 6.54 Å². The van der Waals surface area contributed by atoms with Crippen molar-refractivity contribution in [1.82, 2.24) is 5.32 Å². The molecule has 1 amide bonds. The molecule has 0 fully saturated rings. The normalized spacial score (nSPS) is 11.3. The number of hydrogen-bond donors (Lipinski definition) is 1.